The van der Waals surface area contributed by atoms with Gasteiger partial charge in [-0.15, -0.1) is 0 Å². The molecular formula is C10H8BrF3N2O3. The monoisotopic (exact) mass is 340 g/mol. The van der Waals surface area contributed by atoms with Gasteiger partial charge in [0.1, 0.15) is 6.54 Å². The Bertz CT molecular complexity index is 505. The number of urea groups is 1. The third kappa shape index (κ3) is 4.78. The van der Waals surface area contributed by atoms with E-state index in [2.05, 4.69) is 21.2 Å². The molecule has 0 saturated heterocycles. The number of halogens is 4. The smallest absolute Gasteiger partial charge is 0.416 e. The summed E-state index contributed by atoms with van der Waals surface area (Å²) in [4.78, 5) is 21.5. The Hall–Kier alpha value is -1.77. The van der Waals surface area contributed by atoms with Gasteiger partial charge in [-0.3, -0.25) is 4.79 Å². The zero-order chi connectivity index (χ0) is 14.6. The zero-order valence-corrected chi connectivity index (χ0v) is 10.8. The maximum Gasteiger partial charge on any atom is 0.416 e. The van der Waals surface area contributed by atoms with E-state index < -0.39 is 30.3 Å². The molecule has 0 aromatic heterocycles. The van der Waals surface area contributed by atoms with Crippen LogP contribution in [0.2, 0.25) is 0 Å². The first-order chi connectivity index (χ1) is 8.70. The molecule has 1 aromatic rings. The number of carbonyl (C=O) groups is 2. The Kier molecular flexibility index (Phi) is 4.76. The Morgan fingerprint density at radius 3 is 2.47 bits per heavy atom. The normalized spacial score (nSPS) is 10.9. The van der Waals surface area contributed by atoms with Crippen LogP contribution in [0, 0.1) is 0 Å². The van der Waals surface area contributed by atoms with Gasteiger partial charge in [-0.25, -0.2) is 4.79 Å². The highest BCUT2D eigenvalue weighted by Gasteiger charge is 2.31. The van der Waals surface area contributed by atoms with Crippen LogP contribution in [-0.4, -0.2) is 23.7 Å². The van der Waals surface area contributed by atoms with Crippen molar-refractivity contribution in [2.24, 2.45) is 0 Å². The first-order valence-electron chi connectivity index (χ1n) is 4.83. The van der Waals surface area contributed by atoms with E-state index in [0.29, 0.717) is 0 Å². The molecule has 0 aliphatic rings. The number of aliphatic carboxylic acids is 1. The first-order valence-corrected chi connectivity index (χ1v) is 5.63. The fraction of sp³-hybridized carbons (Fsp3) is 0.200. The van der Waals surface area contributed by atoms with Gasteiger partial charge in [0, 0.05) is 4.47 Å². The summed E-state index contributed by atoms with van der Waals surface area (Å²) in [7, 11) is 0. The van der Waals surface area contributed by atoms with Crippen molar-refractivity contribution >= 4 is 33.6 Å². The summed E-state index contributed by atoms with van der Waals surface area (Å²) >= 11 is 2.98. The highest BCUT2D eigenvalue weighted by Crippen LogP contribution is 2.33. The van der Waals surface area contributed by atoms with Crippen molar-refractivity contribution in [2.75, 3.05) is 11.9 Å². The lowest BCUT2D eigenvalue weighted by molar-refractivity contribution is -0.137. The number of amides is 2. The molecule has 9 heteroatoms. The van der Waals surface area contributed by atoms with Crippen molar-refractivity contribution in [3.05, 3.63) is 28.2 Å². The molecular weight excluding hydrogens is 333 g/mol. The molecule has 2 amide bonds. The fourth-order valence-electron chi connectivity index (χ4n) is 1.12. The predicted molar refractivity (Wildman–Crippen MR) is 63.8 cm³/mol. The van der Waals surface area contributed by atoms with Gasteiger partial charge in [0.25, 0.3) is 0 Å². The summed E-state index contributed by atoms with van der Waals surface area (Å²) in [6.45, 7) is -0.636. The highest BCUT2D eigenvalue weighted by atomic mass is 79.9. The van der Waals surface area contributed by atoms with Crippen molar-refractivity contribution in [3.63, 3.8) is 0 Å². The first kappa shape index (κ1) is 15.3. The average Bonchev–Trinajstić information content (AvgIpc) is 2.28. The maximum atomic E-state index is 12.5. The number of nitrogens with one attached hydrogen (secondary N) is 2. The molecule has 0 spiro atoms. The molecule has 104 valence electrons. The lowest BCUT2D eigenvalue weighted by Gasteiger charge is -2.11. The number of carboxylic acid groups (broad SMARTS) is 1. The summed E-state index contributed by atoms with van der Waals surface area (Å²) < 4.78 is 37.7. The highest BCUT2D eigenvalue weighted by molar-refractivity contribution is 9.10. The van der Waals surface area contributed by atoms with Crippen LogP contribution in [0.15, 0.2) is 22.7 Å². The van der Waals surface area contributed by atoms with Crippen LogP contribution in [0.4, 0.5) is 23.7 Å². The number of benzene rings is 1. The molecule has 5 nitrogen and oxygen atoms in total. The summed E-state index contributed by atoms with van der Waals surface area (Å²) in [5.74, 6) is -1.27. The van der Waals surface area contributed by atoms with Crippen LogP contribution in [0.1, 0.15) is 5.56 Å². The number of hydrogen-bond acceptors (Lipinski definition) is 2. The lowest BCUT2D eigenvalue weighted by atomic mass is 10.2. The number of rotatable bonds is 3. The summed E-state index contributed by atoms with van der Waals surface area (Å²) in [6.07, 6.45) is -4.53. The second kappa shape index (κ2) is 5.91. The van der Waals surface area contributed by atoms with E-state index in [4.69, 9.17) is 5.11 Å². The fourth-order valence-corrected chi connectivity index (χ4v) is 1.47. The summed E-state index contributed by atoms with van der Waals surface area (Å²) in [5.41, 5.74) is -1.04. The summed E-state index contributed by atoms with van der Waals surface area (Å²) in [6, 6.07) is 1.81. The second-order valence-electron chi connectivity index (χ2n) is 3.39. The zero-order valence-electron chi connectivity index (χ0n) is 9.21. The van der Waals surface area contributed by atoms with Gasteiger partial charge >= 0.3 is 18.2 Å². The van der Waals surface area contributed by atoms with Crippen molar-refractivity contribution in [1.29, 1.82) is 0 Å². The molecule has 0 fully saturated rings. The number of anilines is 1. The standard InChI is InChI=1S/C10H8BrF3N2O3/c11-6-2-1-5(10(12,13)14)3-7(6)16-9(19)15-4-8(17)18/h1-3H,4H2,(H,17,18)(H2,15,16,19). The Morgan fingerprint density at radius 1 is 1.32 bits per heavy atom. The van der Waals surface area contributed by atoms with Crippen LogP contribution in [-0.2, 0) is 11.0 Å². The molecule has 0 bridgehead atoms. The van der Waals surface area contributed by atoms with E-state index in [9.17, 15) is 22.8 Å². The lowest BCUT2D eigenvalue weighted by Crippen LogP contribution is -2.33. The van der Waals surface area contributed by atoms with Crippen molar-refractivity contribution in [3.8, 4) is 0 Å². The number of alkyl halides is 3. The number of hydrogen-bond donors (Lipinski definition) is 3. The molecule has 0 unspecified atom stereocenters. The number of carboxylic acids is 1. The van der Waals surface area contributed by atoms with Gasteiger partial charge < -0.3 is 15.7 Å². The largest absolute Gasteiger partial charge is 0.480 e. The van der Waals surface area contributed by atoms with E-state index in [1.165, 1.54) is 0 Å². The van der Waals surface area contributed by atoms with Crippen molar-refractivity contribution < 1.29 is 27.9 Å². The molecule has 19 heavy (non-hydrogen) atoms. The van der Waals surface area contributed by atoms with E-state index in [-0.39, 0.29) is 10.2 Å². The molecule has 0 radical (unpaired) electrons. The molecule has 1 rings (SSSR count). The third-order valence-electron chi connectivity index (χ3n) is 1.94. The molecule has 0 heterocycles. The van der Waals surface area contributed by atoms with Gasteiger partial charge in [0.05, 0.1) is 11.3 Å². The van der Waals surface area contributed by atoms with E-state index >= 15 is 0 Å². The van der Waals surface area contributed by atoms with Gasteiger partial charge in [-0.05, 0) is 34.1 Å². The molecule has 0 saturated carbocycles. The van der Waals surface area contributed by atoms with Crippen LogP contribution in [0.3, 0.4) is 0 Å². The van der Waals surface area contributed by atoms with Gasteiger partial charge in [0.15, 0.2) is 0 Å². The Morgan fingerprint density at radius 2 is 1.95 bits per heavy atom. The van der Waals surface area contributed by atoms with Crippen LogP contribution in [0.5, 0.6) is 0 Å². The topological polar surface area (TPSA) is 78.4 Å². The number of carbonyl (C=O) groups excluding carboxylic acids is 1. The minimum atomic E-state index is -4.53. The molecule has 0 aliphatic heterocycles. The van der Waals surface area contributed by atoms with Crippen LogP contribution in [0.25, 0.3) is 0 Å². The minimum Gasteiger partial charge on any atom is -0.480 e. The van der Waals surface area contributed by atoms with Gasteiger partial charge in [-0.1, -0.05) is 0 Å². The average molecular weight is 341 g/mol. The quantitative estimate of drug-likeness (QED) is 0.791. The van der Waals surface area contributed by atoms with Crippen LogP contribution >= 0.6 is 15.9 Å². The molecule has 0 atom stereocenters. The van der Waals surface area contributed by atoms with Gasteiger partial charge in [0.2, 0.25) is 0 Å². The second-order valence-corrected chi connectivity index (χ2v) is 4.25. The van der Waals surface area contributed by atoms with E-state index in [1.54, 1.807) is 0 Å². The third-order valence-corrected chi connectivity index (χ3v) is 2.63. The molecule has 1 aromatic carbocycles. The maximum absolute atomic E-state index is 12.5. The van der Waals surface area contributed by atoms with E-state index in [1.807, 2.05) is 5.32 Å². The predicted octanol–water partition coefficient (Wildman–Crippen LogP) is 2.67. The SMILES string of the molecule is O=C(O)CNC(=O)Nc1cc(C(F)(F)F)ccc1Br. The van der Waals surface area contributed by atoms with Crippen LogP contribution < -0.4 is 10.6 Å². The van der Waals surface area contributed by atoms with E-state index in [0.717, 1.165) is 18.2 Å². The van der Waals surface area contributed by atoms with Crippen molar-refractivity contribution in [1.82, 2.24) is 5.32 Å². The molecule has 3 N–H and O–H groups in total. The Labute approximate surface area is 113 Å². The summed E-state index contributed by atoms with van der Waals surface area (Å²) in [5, 5.41) is 12.4. The Balaban J connectivity index is 2.83. The minimum absolute atomic E-state index is 0.113. The van der Waals surface area contributed by atoms with Gasteiger partial charge in [-0.2, -0.15) is 13.2 Å². The van der Waals surface area contributed by atoms with Crippen molar-refractivity contribution in [2.45, 2.75) is 6.18 Å². The molecule has 0 aliphatic carbocycles.